The summed E-state index contributed by atoms with van der Waals surface area (Å²) in [7, 11) is 4.03. The summed E-state index contributed by atoms with van der Waals surface area (Å²) < 4.78 is 5.34. The lowest BCUT2D eigenvalue weighted by atomic mass is 9.83. The molecule has 2 rings (SSSR count). The number of hydrogen-bond donors (Lipinski definition) is 2. The summed E-state index contributed by atoms with van der Waals surface area (Å²) in [6, 6.07) is 0. The highest BCUT2D eigenvalue weighted by molar-refractivity contribution is 5.79. The van der Waals surface area contributed by atoms with Gasteiger partial charge < -0.3 is 25.2 Å². The van der Waals surface area contributed by atoms with Gasteiger partial charge in [-0.15, -0.1) is 0 Å². The summed E-state index contributed by atoms with van der Waals surface area (Å²) in [6.07, 6.45) is 7.67. The lowest BCUT2D eigenvalue weighted by Crippen LogP contribution is -2.43. The van der Waals surface area contributed by atoms with Crippen LogP contribution >= 0.6 is 0 Å². The van der Waals surface area contributed by atoms with Crippen molar-refractivity contribution >= 4 is 5.96 Å². The van der Waals surface area contributed by atoms with Gasteiger partial charge in [-0.25, -0.2) is 0 Å². The molecule has 26 heavy (non-hydrogen) atoms. The molecule has 152 valence electrons. The Bertz CT molecular complexity index is 409. The highest BCUT2D eigenvalue weighted by Crippen LogP contribution is 2.41. The number of rotatable bonds is 9. The number of nitrogens with zero attached hydrogens (tertiary/aromatic N) is 3. The molecular weight excluding hydrogens is 326 g/mol. The van der Waals surface area contributed by atoms with E-state index in [1.165, 1.54) is 58.3 Å². The van der Waals surface area contributed by atoms with Crippen molar-refractivity contribution in [2.24, 2.45) is 10.4 Å². The minimum absolute atomic E-state index is 0.355. The first-order valence-electron chi connectivity index (χ1n) is 10.6. The Kier molecular flexibility index (Phi) is 9.72. The molecule has 0 atom stereocenters. The molecule has 0 aromatic heterocycles. The van der Waals surface area contributed by atoms with Gasteiger partial charge in [-0.05, 0) is 58.2 Å². The summed E-state index contributed by atoms with van der Waals surface area (Å²) >= 11 is 0. The third-order valence-electron chi connectivity index (χ3n) is 5.95. The zero-order valence-corrected chi connectivity index (χ0v) is 17.4. The van der Waals surface area contributed by atoms with Crippen LogP contribution in [-0.2, 0) is 4.74 Å². The Morgan fingerprint density at radius 2 is 1.88 bits per heavy atom. The monoisotopic (exact) mass is 367 g/mol. The fourth-order valence-corrected chi connectivity index (χ4v) is 4.18. The maximum Gasteiger partial charge on any atom is 0.191 e. The predicted molar refractivity (Wildman–Crippen MR) is 110 cm³/mol. The van der Waals surface area contributed by atoms with Gasteiger partial charge in [0, 0.05) is 53.0 Å². The first-order chi connectivity index (χ1) is 12.7. The molecule has 2 N–H and O–H groups in total. The molecule has 0 amide bonds. The van der Waals surface area contributed by atoms with Gasteiger partial charge in [0.15, 0.2) is 5.96 Å². The third kappa shape index (κ3) is 7.41. The zero-order chi connectivity index (χ0) is 18.7. The molecule has 1 saturated heterocycles. The standard InChI is InChI=1S/C20H41N5O/c1-4-21-19(22-11-14-25-13-7-12-24(2)15-16-25)23-18-20(10-17-26-3)8-5-6-9-20/h4-18H2,1-3H3,(H2,21,22,23). The van der Waals surface area contributed by atoms with E-state index in [-0.39, 0.29) is 0 Å². The molecule has 0 aromatic carbocycles. The van der Waals surface area contributed by atoms with Gasteiger partial charge >= 0.3 is 0 Å². The van der Waals surface area contributed by atoms with Crippen LogP contribution in [0.5, 0.6) is 0 Å². The lowest BCUT2D eigenvalue weighted by Gasteiger charge is -2.27. The molecule has 1 aliphatic heterocycles. The largest absolute Gasteiger partial charge is 0.385 e. The molecule has 6 nitrogen and oxygen atoms in total. The van der Waals surface area contributed by atoms with Crippen molar-refractivity contribution in [1.82, 2.24) is 20.4 Å². The van der Waals surface area contributed by atoms with Crippen LogP contribution in [0.1, 0.15) is 45.4 Å². The third-order valence-corrected chi connectivity index (χ3v) is 5.95. The smallest absolute Gasteiger partial charge is 0.191 e. The van der Waals surface area contributed by atoms with Crippen molar-refractivity contribution in [3.63, 3.8) is 0 Å². The van der Waals surface area contributed by atoms with Crippen LogP contribution in [0.2, 0.25) is 0 Å². The first kappa shape index (κ1) is 21.5. The number of aliphatic imine (C=N–C) groups is 1. The SMILES string of the molecule is CCNC(=NCC1(CCOC)CCCC1)NCCN1CCCN(C)CC1. The Morgan fingerprint density at radius 3 is 2.62 bits per heavy atom. The fourth-order valence-electron chi connectivity index (χ4n) is 4.18. The molecule has 2 aliphatic rings. The van der Waals surface area contributed by atoms with Crippen molar-refractivity contribution in [1.29, 1.82) is 0 Å². The van der Waals surface area contributed by atoms with E-state index in [1.54, 1.807) is 7.11 Å². The second-order valence-corrected chi connectivity index (χ2v) is 8.07. The van der Waals surface area contributed by atoms with E-state index in [0.717, 1.165) is 45.2 Å². The highest BCUT2D eigenvalue weighted by Gasteiger charge is 2.33. The van der Waals surface area contributed by atoms with Crippen molar-refractivity contribution in [3.05, 3.63) is 0 Å². The van der Waals surface area contributed by atoms with E-state index >= 15 is 0 Å². The average Bonchev–Trinajstić information content (AvgIpc) is 3.01. The summed E-state index contributed by atoms with van der Waals surface area (Å²) in [5, 5.41) is 6.97. The molecule has 0 bridgehead atoms. The van der Waals surface area contributed by atoms with Crippen LogP contribution in [0.3, 0.4) is 0 Å². The molecule has 0 aromatic rings. The second-order valence-electron chi connectivity index (χ2n) is 8.07. The quantitative estimate of drug-likeness (QED) is 0.481. The Labute approximate surface area is 160 Å². The van der Waals surface area contributed by atoms with Crippen molar-refractivity contribution in [3.8, 4) is 0 Å². The number of hydrogen-bond acceptors (Lipinski definition) is 4. The van der Waals surface area contributed by atoms with Gasteiger partial charge in [-0.2, -0.15) is 0 Å². The predicted octanol–water partition coefficient (Wildman–Crippen LogP) is 1.78. The number of likely N-dealkylation sites (N-methyl/N-ethyl adjacent to an activating group) is 1. The van der Waals surface area contributed by atoms with E-state index in [1.807, 2.05) is 0 Å². The van der Waals surface area contributed by atoms with Gasteiger partial charge in [-0.1, -0.05) is 12.8 Å². The highest BCUT2D eigenvalue weighted by atomic mass is 16.5. The Hall–Kier alpha value is -0.850. The van der Waals surface area contributed by atoms with E-state index < -0.39 is 0 Å². The molecule has 0 spiro atoms. The van der Waals surface area contributed by atoms with E-state index in [9.17, 15) is 0 Å². The number of ether oxygens (including phenoxy) is 1. The Balaban J connectivity index is 1.79. The Morgan fingerprint density at radius 1 is 1.08 bits per heavy atom. The van der Waals surface area contributed by atoms with Gasteiger partial charge in [0.05, 0.1) is 0 Å². The topological polar surface area (TPSA) is 52.1 Å². The average molecular weight is 368 g/mol. The minimum atomic E-state index is 0.355. The van der Waals surface area contributed by atoms with Crippen LogP contribution in [0, 0.1) is 5.41 Å². The second kappa shape index (κ2) is 11.8. The van der Waals surface area contributed by atoms with E-state index in [0.29, 0.717) is 5.41 Å². The van der Waals surface area contributed by atoms with Crippen LogP contribution in [0.4, 0.5) is 0 Å². The maximum absolute atomic E-state index is 5.34. The van der Waals surface area contributed by atoms with Crippen LogP contribution in [0.25, 0.3) is 0 Å². The van der Waals surface area contributed by atoms with Crippen LogP contribution in [0.15, 0.2) is 4.99 Å². The first-order valence-corrected chi connectivity index (χ1v) is 10.6. The van der Waals surface area contributed by atoms with Crippen molar-refractivity contribution < 1.29 is 4.74 Å². The normalized spacial score (nSPS) is 22.3. The number of methoxy groups -OCH3 is 1. The van der Waals surface area contributed by atoms with Crippen molar-refractivity contribution in [2.75, 3.05) is 73.1 Å². The summed E-state index contributed by atoms with van der Waals surface area (Å²) in [5.41, 5.74) is 0.355. The maximum atomic E-state index is 5.34. The molecule has 1 heterocycles. The fraction of sp³-hybridized carbons (Fsp3) is 0.950. The molecule has 2 fully saturated rings. The van der Waals surface area contributed by atoms with E-state index in [4.69, 9.17) is 9.73 Å². The van der Waals surface area contributed by atoms with Gasteiger partial charge in [0.25, 0.3) is 0 Å². The summed E-state index contributed by atoms with van der Waals surface area (Å²) in [5.74, 6) is 0.975. The number of nitrogens with one attached hydrogen (secondary N) is 2. The lowest BCUT2D eigenvalue weighted by molar-refractivity contribution is 0.141. The van der Waals surface area contributed by atoms with Gasteiger partial charge in [-0.3, -0.25) is 4.99 Å². The summed E-state index contributed by atoms with van der Waals surface area (Å²) in [6.45, 7) is 11.6. The number of guanidine groups is 1. The van der Waals surface area contributed by atoms with Crippen LogP contribution < -0.4 is 10.6 Å². The molecule has 6 heteroatoms. The van der Waals surface area contributed by atoms with Gasteiger partial charge in [0.1, 0.15) is 0 Å². The molecule has 0 radical (unpaired) electrons. The minimum Gasteiger partial charge on any atom is -0.385 e. The van der Waals surface area contributed by atoms with E-state index in [2.05, 4.69) is 34.4 Å². The summed E-state index contributed by atoms with van der Waals surface area (Å²) in [4.78, 5) is 9.94. The molecule has 1 saturated carbocycles. The molecule has 0 unspecified atom stereocenters. The molecule has 1 aliphatic carbocycles. The van der Waals surface area contributed by atoms with Crippen molar-refractivity contribution in [2.45, 2.75) is 45.4 Å². The van der Waals surface area contributed by atoms with Crippen LogP contribution in [-0.4, -0.2) is 88.9 Å². The zero-order valence-electron chi connectivity index (χ0n) is 17.4. The van der Waals surface area contributed by atoms with Gasteiger partial charge in [0.2, 0.25) is 0 Å². The molecular formula is C20H41N5O.